The van der Waals surface area contributed by atoms with E-state index >= 15 is 0 Å². The summed E-state index contributed by atoms with van der Waals surface area (Å²) in [6.07, 6.45) is 0. The van der Waals surface area contributed by atoms with Crippen molar-refractivity contribution in [2.75, 3.05) is 19.5 Å². The van der Waals surface area contributed by atoms with Crippen molar-refractivity contribution in [1.82, 2.24) is 0 Å². The quantitative estimate of drug-likeness (QED) is 0.734. The number of hydrogen-bond donors (Lipinski definition) is 2. The van der Waals surface area contributed by atoms with E-state index in [4.69, 9.17) is 5.11 Å². The van der Waals surface area contributed by atoms with Gasteiger partial charge in [-0.25, -0.2) is 0 Å². The highest BCUT2D eigenvalue weighted by atomic mass is 16.2. The number of aliphatic hydroxyl groups is 1. The van der Waals surface area contributed by atoms with Crippen LogP contribution in [0, 0.1) is 0 Å². The van der Waals surface area contributed by atoms with Crippen molar-refractivity contribution >= 4 is 5.69 Å². The van der Waals surface area contributed by atoms with E-state index in [-0.39, 0.29) is 0 Å². The molecule has 0 aliphatic rings. The smallest absolute Gasteiger partial charge is 0.0337 e. The molecule has 1 aromatic rings. The Morgan fingerprint density at radius 2 is 1.54 bits per heavy atom. The van der Waals surface area contributed by atoms with Crippen LogP contribution in [0.25, 0.3) is 0 Å². The molecule has 0 bridgehead atoms. The summed E-state index contributed by atoms with van der Waals surface area (Å²) in [4.78, 5) is 0. The molecule has 0 saturated heterocycles. The van der Waals surface area contributed by atoms with Gasteiger partial charge in [0.2, 0.25) is 0 Å². The number of anilines is 1. The molecule has 0 heterocycles. The van der Waals surface area contributed by atoms with Crippen LogP contribution in [0.15, 0.2) is 24.3 Å². The molecule has 0 unspecified atom stereocenters. The van der Waals surface area contributed by atoms with Gasteiger partial charge in [0.05, 0.1) is 0 Å². The highest BCUT2D eigenvalue weighted by molar-refractivity contribution is 5.44. The summed E-state index contributed by atoms with van der Waals surface area (Å²) >= 11 is 0. The van der Waals surface area contributed by atoms with Crippen LogP contribution in [0.2, 0.25) is 0 Å². The van der Waals surface area contributed by atoms with Crippen molar-refractivity contribution in [3.05, 3.63) is 29.8 Å². The lowest BCUT2D eigenvalue weighted by atomic mass is 10.0. The molecule has 2 heteroatoms. The van der Waals surface area contributed by atoms with E-state index in [1.165, 1.54) is 11.3 Å². The molecule has 0 spiro atoms. The van der Waals surface area contributed by atoms with E-state index in [1.54, 1.807) is 0 Å². The molecule has 2 N–H and O–H groups in total. The predicted molar refractivity (Wildman–Crippen MR) is 58.2 cm³/mol. The summed E-state index contributed by atoms with van der Waals surface area (Å²) < 4.78 is 0. The maximum atomic E-state index is 7.00. The Kier molecular flexibility index (Phi) is 5.98. The van der Waals surface area contributed by atoms with Crippen LogP contribution in [0.5, 0.6) is 0 Å². The summed E-state index contributed by atoms with van der Waals surface area (Å²) in [7, 11) is 2.93. The molecule has 0 aromatic heterocycles. The molecule has 0 fully saturated rings. The fraction of sp³-hybridized carbons (Fsp3) is 0.455. The van der Waals surface area contributed by atoms with Crippen molar-refractivity contribution in [3.63, 3.8) is 0 Å². The normalized spacial score (nSPS) is 9.08. The van der Waals surface area contributed by atoms with E-state index in [0.29, 0.717) is 5.92 Å². The van der Waals surface area contributed by atoms with Crippen LogP contribution < -0.4 is 5.32 Å². The molecule has 74 valence electrons. The number of aliphatic hydroxyl groups excluding tert-OH is 1. The van der Waals surface area contributed by atoms with Crippen molar-refractivity contribution < 1.29 is 5.11 Å². The third-order valence-electron chi connectivity index (χ3n) is 1.87. The number of hydrogen-bond acceptors (Lipinski definition) is 2. The topological polar surface area (TPSA) is 32.3 Å². The van der Waals surface area contributed by atoms with E-state index in [9.17, 15) is 0 Å². The first-order valence-electron chi connectivity index (χ1n) is 4.46. The predicted octanol–water partition coefficient (Wildman–Crippen LogP) is 2.46. The van der Waals surface area contributed by atoms with Crippen LogP contribution >= 0.6 is 0 Å². The van der Waals surface area contributed by atoms with Crippen LogP contribution in [-0.4, -0.2) is 19.3 Å². The molecule has 0 saturated carbocycles. The van der Waals surface area contributed by atoms with Crippen LogP contribution in [0.3, 0.4) is 0 Å². The summed E-state index contributed by atoms with van der Waals surface area (Å²) in [6.45, 7) is 4.41. The highest BCUT2D eigenvalue weighted by Gasteiger charge is 1.96. The highest BCUT2D eigenvalue weighted by Crippen LogP contribution is 2.16. The molecule has 2 nitrogen and oxygen atoms in total. The first-order valence-corrected chi connectivity index (χ1v) is 4.46. The third kappa shape index (κ3) is 3.95. The molecular weight excluding hydrogens is 162 g/mol. The van der Waals surface area contributed by atoms with Gasteiger partial charge in [0.15, 0.2) is 0 Å². The zero-order valence-corrected chi connectivity index (χ0v) is 8.83. The molecule has 13 heavy (non-hydrogen) atoms. The second-order valence-electron chi connectivity index (χ2n) is 3.03. The van der Waals surface area contributed by atoms with E-state index in [1.807, 2.05) is 7.05 Å². The molecule has 0 aliphatic carbocycles. The van der Waals surface area contributed by atoms with Crippen molar-refractivity contribution in [2.45, 2.75) is 19.8 Å². The van der Waals surface area contributed by atoms with E-state index in [2.05, 4.69) is 43.4 Å². The molecular formula is C11H19NO. The Morgan fingerprint density at radius 1 is 1.08 bits per heavy atom. The second-order valence-corrected chi connectivity index (χ2v) is 3.03. The SMILES string of the molecule is CNc1ccc(C(C)C)cc1.CO. The summed E-state index contributed by atoms with van der Waals surface area (Å²) in [6, 6.07) is 8.54. The lowest BCUT2D eigenvalue weighted by Crippen LogP contribution is -1.90. The van der Waals surface area contributed by atoms with Gasteiger partial charge in [-0.1, -0.05) is 26.0 Å². The minimum absolute atomic E-state index is 0.626. The minimum Gasteiger partial charge on any atom is -0.400 e. The molecule has 0 atom stereocenters. The monoisotopic (exact) mass is 181 g/mol. The van der Waals surface area contributed by atoms with Gasteiger partial charge >= 0.3 is 0 Å². The van der Waals surface area contributed by atoms with Crippen molar-refractivity contribution in [3.8, 4) is 0 Å². The number of nitrogens with one attached hydrogen (secondary N) is 1. The summed E-state index contributed by atoms with van der Waals surface area (Å²) in [5.41, 5.74) is 2.57. The van der Waals surface area contributed by atoms with Crippen LogP contribution in [0.1, 0.15) is 25.3 Å². The van der Waals surface area contributed by atoms with Gasteiger partial charge in [-0.15, -0.1) is 0 Å². The molecule has 1 aromatic carbocycles. The number of rotatable bonds is 2. The Hall–Kier alpha value is -1.02. The van der Waals surface area contributed by atoms with Gasteiger partial charge in [0.25, 0.3) is 0 Å². The Balaban J connectivity index is 0.000000671. The standard InChI is InChI=1S/C10H15N.CH4O/c1-8(2)9-4-6-10(11-3)7-5-9;1-2/h4-8,11H,1-3H3;2H,1H3. The molecule has 1 rings (SSSR count). The zero-order chi connectivity index (χ0) is 10.3. The van der Waals surface area contributed by atoms with Crippen LogP contribution in [-0.2, 0) is 0 Å². The first-order chi connectivity index (χ1) is 6.24. The fourth-order valence-electron chi connectivity index (χ4n) is 1.03. The summed E-state index contributed by atoms with van der Waals surface area (Å²) in [5, 5.41) is 10.1. The van der Waals surface area contributed by atoms with Gasteiger partial charge in [0.1, 0.15) is 0 Å². The molecule has 0 amide bonds. The summed E-state index contributed by atoms with van der Waals surface area (Å²) in [5.74, 6) is 0.626. The second kappa shape index (κ2) is 6.49. The maximum absolute atomic E-state index is 7.00. The van der Waals surface area contributed by atoms with Crippen LogP contribution in [0.4, 0.5) is 5.69 Å². The number of benzene rings is 1. The van der Waals surface area contributed by atoms with Gasteiger partial charge in [-0.05, 0) is 23.6 Å². The Morgan fingerprint density at radius 3 is 1.85 bits per heavy atom. The first kappa shape index (κ1) is 12.0. The molecule has 0 radical (unpaired) electrons. The van der Waals surface area contributed by atoms with Gasteiger partial charge in [-0.3, -0.25) is 0 Å². The Labute approximate surface area is 80.6 Å². The Bertz CT molecular complexity index is 216. The van der Waals surface area contributed by atoms with Gasteiger partial charge < -0.3 is 10.4 Å². The van der Waals surface area contributed by atoms with E-state index < -0.39 is 0 Å². The van der Waals surface area contributed by atoms with E-state index in [0.717, 1.165) is 7.11 Å². The largest absolute Gasteiger partial charge is 0.400 e. The van der Waals surface area contributed by atoms with Crippen molar-refractivity contribution in [2.24, 2.45) is 0 Å². The lowest BCUT2D eigenvalue weighted by Gasteiger charge is -2.05. The fourth-order valence-corrected chi connectivity index (χ4v) is 1.03. The average Bonchev–Trinajstić information content (AvgIpc) is 2.21. The minimum atomic E-state index is 0.626. The maximum Gasteiger partial charge on any atom is 0.0337 e. The van der Waals surface area contributed by atoms with Gasteiger partial charge in [-0.2, -0.15) is 0 Å². The lowest BCUT2D eigenvalue weighted by molar-refractivity contribution is 0.399. The van der Waals surface area contributed by atoms with Crippen molar-refractivity contribution in [1.29, 1.82) is 0 Å². The third-order valence-corrected chi connectivity index (χ3v) is 1.87. The zero-order valence-electron chi connectivity index (χ0n) is 8.83. The average molecular weight is 181 g/mol. The van der Waals surface area contributed by atoms with Gasteiger partial charge in [0, 0.05) is 19.8 Å². The molecule has 0 aliphatic heterocycles.